The molecule has 0 heterocycles. The zero-order chi connectivity index (χ0) is 16.3. The summed E-state index contributed by atoms with van der Waals surface area (Å²) in [5.74, 6) is 0.336. The third-order valence-corrected chi connectivity index (χ3v) is 4.86. The molecule has 0 atom stereocenters. The number of aryl methyl sites for hydroxylation is 2. The van der Waals surface area contributed by atoms with Crippen molar-refractivity contribution in [2.24, 2.45) is 0 Å². The number of nitrogens with one attached hydrogen (secondary N) is 1. The Bertz CT molecular complexity index is 768. The summed E-state index contributed by atoms with van der Waals surface area (Å²) < 4.78 is 34.0. The monoisotopic (exact) mass is 383 g/mol. The van der Waals surface area contributed by atoms with Crippen LogP contribution in [-0.4, -0.2) is 15.0 Å². The average Bonchev–Trinajstić information content (AvgIpc) is 2.39. The van der Waals surface area contributed by atoms with Crippen LogP contribution in [0, 0.1) is 13.8 Å². The second kappa shape index (κ2) is 6.71. The molecule has 0 unspecified atom stereocenters. The second-order valence-electron chi connectivity index (χ2n) is 5.01. The molecule has 2 rings (SSSR count). The quantitative estimate of drug-likeness (QED) is 0.838. The van der Waals surface area contributed by atoms with Gasteiger partial charge >= 0.3 is 0 Å². The number of rotatable bonds is 5. The van der Waals surface area contributed by atoms with Crippen molar-refractivity contribution in [3.05, 3.63) is 52.0 Å². The molecule has 0 radical (unpaired) electrons. The Balaban J connectivity index is 2.44. The van der Waals surface area contributed by atoms with Gasteiger partial charge in [0.2, 0.25) is 0 Å². The lowest BCUT2D eigenvalue weighted by molar-refractivity contribution is 0.331. The van der Waals surface area contributed by atoms with E-state index >= 15 is 0 Å². The molecule has 6 heteroatoms. The van der Waals surface area contributed by atoms with Crippen LogP contribution >= 0.6 is 15.9 Å². The first kappa shape index (κ1) is 16.8. The maximum atomic E-state index is 12.7. The predicted octanol–water partition coefficient (Wildman–Crippen LogP) is 4.27. The normalized spacial score (nSPS) is 11.3. The molecule has 0 spiro atoms. The lowest BCUT2D eigenvalue weighted by Gasteiger charge is -2.14. The Labute approximate surface area is 139 Å². The van der Waals surface area contributed by atoms with Crippen LogP contribution in [-0.2, 0) is 10.0 Å². The van der Waals surface area contributed by atoms with Crippen LogP contribution in [0.4, 0.5) is 5.69 Å². The van der Waals surface area contributed by atoms with Crippen LogP contribution < -0.4 is 9.46 Å². The van der Waals surface area contributed by atoms with Gasteiger partial charge in [-0.3, -0.25) is 4.72 Å². The van der Waals surface area contributed by atoms with Crippen LogP contribution in [0.3, 0.4) is 0 Å². The molecule has 1 N–H and O–H groups in total. The van der Waals surface area contributed by atoms with Crippen molar-refractivity contribution < 1.29 is 13.2 Å². The highest BCUT2D eigenvalue weighted by atomic mass is 79.9. The van der Waals surface area contributed by atoms with E-state index < -0.39 is 10.0 Å². The van der Waals surface area contributed by atoms with E-state index in [4.69, 9.17) is 4.74 Å². The van der Waals surface area contributed by atoms with Gasteiger partial charge < -0.3 is 4.74 Å². The molecule has 2 aromatic rings. The van der Waals surface area contributed by atoms with E-state index in [2.05, 4.69) is 20.7 Å². The summed E-state index contributed by atoms with van der Waals surface area (Å²) in [6.07, 6.45) is 0. The summed E-state index contributed by atoms with van der Waals surface area (Å²) in [5, 5.41) is 0. The molecule has 0 aliphatic heterocycles. The van der Waals surface area contributed by atoms with Crippen molar-refractivity contribution in [3.8, 4) is 5.75 Å². The van der Waals surface area contributed by atoms with Crippen molar-refractivity contribution in [2.45, 2.75) is 25.7 Å². The van der Waals surface area contributed by atoms with Crippen molar-refractivity contribution in [1.82, 2.24) is 0 Å². The highest BCUT2D eigenvalue weighted by molar-refractivity contribution is 9.10. The predicted molar refractivity (Wildman–Crippen MR) is 92.0 cm³/mol. The standard InChI is InChI=1S/C16H18BrNO3S/c1-4-21-15-6-5-13(17)10-16(15)22(19,20)18-14-8-11(2)7-12(3)9-14/h5-10,18H,4H2,1-3H3. The molecule has 0 aliphatic carbocycles. The van der Waals surface area contributed by atoms with Gasteiger partial charge in [-0.1, -0.05) is 22.0 Å². The maximum Gasteiger partial charge on any atom is 0.265 e. The Morgan fingerprint density at radius 2 is 1.73 bits per heavy atom. The van der Waals surface area contributed by atoms with E-state index in [1.165, 1.54) is 6.07 Å². The van der Waals surface area contributed by atoms with Gasteiger partial charge in [-0.15, -0.1) is 0 Å². The summed E-state index contributed by atoms with van der Waals surface area (Å²) in [6, 6.07) is 10.5. The van der Waals surface area contributed by atoms with Gasteiger partial charge in [0.05, 0.1) is 6.61 Å². The van der Waals surface area contributed by atoms with Crippen molar-refractivity contribution >= 4 is 31.6 Å². The van der Waals surface area contributed by atoms with Crippen LogP contribution in [0.5, 0.6) is 5.75 Å². The molecular weight excluding hydrogens is 366 g/mol. The molecule has 0 saturated heterocycles. The van der Waals surface area contributed by atoms with Crippen LogP contribution in [0.25, 0.3) is 0 Å². The van der Waals surface area contributed by atoms with E-state index in [-0.39, 0.29) is 4.90 Å². The topological polar surface area (TPSA) is 55.4 Å². The number of hydrogen-bond acceptors (Lipinski definition) is 3. The molecule has 0 saturated carbocycles. The molecule has 22 heavy (non-hydrogen) atoms. The molecule has 0 aromatic heterocycles. The summed E-state index contributed by atoms with van der Waals surface area (Å²) in [6.45, 7) is 6.06. The van der Waals surface area contributed by atoms with E-state index in [9.17, 15) is 8.42 Å². The first-order valence-corrected chi connectivity index (χ1v) is 9.13. The maximum absolute atomic E-state index is 12.7. The van der Waals surface area contributed by atoms with Gasteiger partial charge in [0.1, 0.15) is 10.6 Å². The largest absolute Gasteiger partial charge is 0.492 e. The highest BCUT2D eigenvalue weighted by Gasteiger charge is 2.20. The van der Waals surface area contributed by atoms with Crippen molar-refractivity contribution in [3.63, 3.8) is 0 Å². The Morgan fingerprint density at radius 3 is 2.32 bits per heavy atom. The minimum absolute atomic E-state index is 0.114. The van der Waals surface area contributed by atoms with E-state index in [0.717, 1.165) is 11.1 Å². The number of anilines is 1. The first-order chi connectivity index (χ1) is 10.3. The first-order valence-electron chi connectivity index (χ1n) is 6.85. The summed E-state index contributed by atoms with van der Waals surface area (Å²) in [7, 11) is -3.73. The molecule has 0 amide bonds. The molecule has 0 bridgehead atoms. The summed E-state index contributed by atoms with van der Waals surface area (Å²) in [4.78, 5) is 0.114. The summed E-state index contributed by atoms with van der Waals surface area (Å²) >= 11 is 3.30. The Kier molecular flexibility index (Phi) is 5.13. The number of benzene rings is 2. The van der Waals surface area contributed by atoms with Crippen LogP contribution in [0.2, 0.25) is 0 Å². The number of hydrogen-bond donors (Lipinski definition) is 1. The number of sulfonamides is 1. The molecule has 4 nitrogen and oxygen atoms in total. The second-order valence-corrected chi connectivity index (χ2v) is 7.57. The van der Waals surface area contributed by atoms with Gasteiger partial charge in [0, 0.05) is 10.2 Å². The SMILES string of the molecule is CCOc1ccc(Br)cc1S(=O)(=O)Nc1cc(C)cc(C)c1. The van der Waals surface area contributed by atoms with Crippen molar-refractivity contribution in [1.29, 1.82) is 0 Å². The smallest absolute Gasteiger partial charge is 0.265 e. The lowest BCUT2D eigenvalue weighted by atomic mass is 10.1. The minimum atomic E-state index is -3.73. The third kappa shape index (κ3) is 4.01. The number of ether oxygens (including phenoxy) is 1. The molecule has 118 valence electrons. The van der Waals surface area contributed by atoms with Gasteiger partial charge in [-0.2, -0.15) is 0 Å². The van der Waals surface area contributed by atoms with Crippen molar-refractivity contribution in [2.75, 3.05) is 11.3 Å². The van der Waals surface area contributed by atoms with E-state index in [1.54, 1.807) is 24.3 Å². The summed E-state index contributed by atoms with van der Waals surface area (Å²) in [5.41, 5.74) is 2.54. The molecule has 0 fully saturated rings. The zero-order valence-corrected chi connectivity index (χ0v) is 15.1. The fourth-order valence-electron chi connectivity index (χ4n) is 2.21. The average molecular weight is 384 g/mol. The Hall–Kier alpha value is -1.53. The van der Waals surface area contributed by atoms with Gasteiger partial charge in [0.15, 0.2) is 0 Å². The van der Waals surface area contributed by atoms with Crippen LogP contribution in [0.1, 0.15) is 18.1 Å². The molecule has 0 aliphatic rings. The van der Waals surface area contributed by atoms with Gasteiger partial charge in [0.25, 0.3) is 10.0 Å². The van der Waals surface area contributed by atoms with E-state index in [1.807, 2.05) is 26.8 Å². The third-order valence-electron chi connectivity index (χ3n) is 2.97. The number of halogens is 1. The fraction of sp³-hybridized carbons (Fsp3) is 0.250. The fourth-order valence-corrected chi connectivity index (χ4v) is 3.94. The molecule has 2 aromatic carbocycles. The van der Waals surface area contributed by atoms with E-state index in [0.29, 0.717) is 22.5 Å². The zero-order valence-electron chi connectivity index (χ0n) is 12.7. The van der Waals surface area contributed by atoms with Gasteiger partial charge in [-0.05, 0) is 62.2 Å². The molecular formula is C16H18BrNO3S. The Morgan fingerprint density at radius 1 is 1.09 bits per heavy atom. The van der Waals surface area contributed by atoms with Crippen LogP contribution in [0.15, 0.2) is 45.8 Å². The highest BCUT2D eigenvalue weighted by Crippen LogP contribution is 2.29. The van der Waals surface area contributed by atoms with Gasteiger partial charge in [-0.25, -0.2) is 8.42 Å². The minimum Gasteiger partial charge on any atom is -0.492 e. The lowest BCUT2D eigenvalue weighted by Crippen LogP contribution is -2.14.